The summed E-state index contributed by atoms with van der Waals surface area (Å²) in [5.74, 6) is -2.14. The van der Waals surface area contributed by atoms with Crippen molar-refractivity contribution in [1.29, 1.82) is 0 Å². The number of carboxylic acid groups (broad SMARTS) is 1. The van der Waals surface area contributed by atoms with Crippen LogP contribution in [-0.2, 0) is 20.7 Å². The molecule has 0 amide bonds. The lowest BCUT2D eigenvalue weighted by molar-refractivity contribution is -0.136. The van der Waals surface area contributed by atoms with E-state index in [0.29, 0.717) is 16.5 Å². The Labute approximate surface area is 164 Å². The average Bonchev–Trinajstić information content (AvgIpc) is 2.88. The second-order valence-electron chi connectivity index (χ2n) is 8.60. The number of aliphatic carboxylic acids is 1. The van der Waals surface area contributed by atoms with Gasteiger partial charge in [0, 0.05) is 17.3 Å². The minimum absolute atomic E-state index is 0.0731. The molecule has 0 saturated carbocycles. The van der Waals surface area contributed by atoms with E-state index in [2.05, 4.69) is 4.98 Å². The molecule has 0 spiro atoms. The van der Waals surface area contributed by atoms with Crippen LogP contribution < -0.4 is 0 Å². The lowest BCUT2D eigenvalue weighted by atomic mass is 10.0. The summed E-state index contributed by atoms with van der Waals surface area (Å²) in [6.07, 6.45) is -0.116. The maximum atomic E-state index is 12.7. The van der Waals surface area contributed by atoms with Gasteiger partial charge in [-0.2, -0.15) is 0 Å². The number of nitrogens with one attached hydrogen (secondary N) is 1. The maximum absolute atomic E-state index is 12.7. The van der Waals surface area contributed by atoms with Crippen molar-refractivity contribution >= 4 is 28.8 Å². The topological polar surface area (TPSA) is 106 Å². The standard InChI is InChI=1S/C21H27NO6/c1-20(2,3)27-18(25)13-8-7-9-14-16(13)12(10-11-15(23)24)17(22-14)19(26)28-21(4,5)6/h7-9,22H,10-11H2,1-6H3,(H,23,24). The van der Waals surface area contributed by atoms with E-state index >= 15 is 0 Å². The van der Waals surface area contributed by atoms with Crippen molar-refractivity contribution < 1.29 is 29.0 Å². The molecule has 1 heterocycles. The molecule has 152 valence electrons. The molecule has 7 nitrogen and oxygen atoms in total. The predicted molar refractivity (Wildman–Crippen MR) is 105 cm³/mol. The Morgan fingerprint density at radius 1 is 0.964 bits per heavy atom. The highest BCUT2D eigenvalue weighted by Crippen LogP contribution is 2.30. The predicted octanol–water partition coefficient (Wildman–Crippen LogP) is 4.10. The number of aromatic amines is 1. The molecule has 7 heteroatoms. The molecular formula is C21H27NO6. The third kappa shape index (κ3) is 5.34. The minimum atomic E-state index is -1.00. The van der Waals surface area contributed by atoms with Gasteiger partial charge >= 0.3 is 17.9 Å². The zero-order chi connectivity index (χ0) is 21.3. The van der Waals surface area contributed by atoms with Crippen molar-refractivity contribution in [2.45, 2.75) is 65.6 Å². The fourth-order valence-corrected chi connectivity index (χ4v) is 2.81. The van der Waals surface area contributed by atoms with Crippen LogP contribution in [0, 0.1) is 0 Å². The number of esters is 2. The zero-order valence-corrected chi connectivity index (χ0v) is 17.1. The summed E-state index contributed by atoms with van der Waals surface area (Å²) < 4.78 is 10.9. The van der Waals surface area contributed by atoms with Gasteiger partial charge in [0.05, 0.1) is 5.56 Å². The molecule has 1 aromatic carbocycles. The average molecular weight is 389 g/mol. The van der Waals surface area contributed by atoms with Crippen LogP contribution in [-0.4, -0.2) is 39.2 Å². The Balaban J connectivity index is 2.63. The number of carbonyl (C=O) groups excluding carboxylic acids is 2. The van der Waals surface area contributed by atoms with E-state index in [9.17, 15) is 14.4 Å². The van der Waals surface area contributed by atoms with Gasteiger partial charge < -0.3 is 19.6 Å². The number of rotatable bonds is 5. The Hall–Kier alpha value is -2.83. The van der Waals surface area contributed by atoms with Crippen molar-refractivity contribution in [2.24, 2.45) is 0 Å². The van der Waals surface area contributed by atoms with Gasteiger partial charge in [0.25, 0.3) is 0 Å². The third-order valence-electron chi connectivity index (χ3n) is 3.74. The largest absolute Gasteiger partial charge is 0.481 e. The van der Waals surface area contributed by atoms with Gasteiger partial charge in [-0.1, -0.05) is 6.07 Å². The van der Waals surface area contributed by atoms with Crippen molar-refractivity contribution in [3.63, 3.8) is 0 Å². The van der Waals surface area contributed by atoms with Crippen LogP contribution in [0.15, 0.2) is 18.2 Å². The molecule has 0 aliphatic rings. The van der Waals surface area contributed by atoms with Gasteiger partial charge in [-0.05, 0) is 65.7 Å². The van der Waals surface area contributed by atoms with Gasteiger partial charge in [-0.3, -0.25) is 4.79 Å². The second kappa shape index (κ2) is 7.66. The number of benzene rings is 1. The molecule has 28 heavy (non-hydrogen) atoms. The van der Waals surface area contributed by atoms with E-state index in [1.807, 2.05) is 0 Å². The van der Waals surface area contributed by atoms with Crippen molar-refractivity contribution in [1.82, 2.24) is 4.98 Å². The lowest BCUT2D eigenvalue weighted by Crippen LogP contribution is -2.25. The molecule has 2 rings (SSSR count). The molecule has 2 aromatic rings. The van der Waals surface area contributed by atoms with Crippen LogP contribution >= 0.6 is 0 Å². The number of carboxylic acids is 1. The van der Waals surface area contributed by atoms with Crippen LogP contribution in [0.25, 0.3) is 10.9 Å². The highest BCUT2D eigenvalue weighted by Gasteiger charge is 2.27. The zero-order valence-electron chi connectivity index (χ0n) is 17.1. The smallest absolute Gasteiger partial charge is 0.355 e. The number of aromatic nitrogens is 1. The van der Waals surface area contributed by atoms with Crippen LogP contribution in [0.2, 0.25) is 0 Å². The Bertz CT molecular complexity index is 911. The van der Waals surface area contributed by atoms with E-state index in [1.165, 1.54) is 0 Å². The molecule has 1 aromatic heterocycles. The molecule has 0 radical (unpaired) electrons. The fourth-order valence-electron chi connectivity index (χ4n) is 2.81. The van der Waals surface area contributed by atoms with Gasteiger partial charge in [-0.15, -0.1) is 0 Å². The van der Waals surface area contributed by atoms with Gasteiger partial charge in [-0.25, -0.2) is 9.59 Å². The monoisotopic (exact) mass is 389 g/mol. The first-order valence-corrected chi connectivity index (χ1v) is 9.10. The Kier molecular flexibility index (Phi) is 5.87. The molecular weight excluding hydrogens is 362 g/mol. The molecule has 0 aliphatic carbocycles. The van der Waals surface area contributed by atoms with E-state index in [1.54, 1.807) is 59.7 Å². The normalized spacial score (nSPS) is 12.1. The highest BCUT2D eigenvalue weighted by atomic mass is 16.6. The quantitative estimate of drug-likeness (QED) is 0.746. The van der Waals surface area contributed by atoms with Crippen molar-refractivity contribution in [3.05, 3.63) is 35.0 Å². The van der Waals surface area contributed by atoms with Crippen LogP contribution in [0.3, 0.4) is 0 Å². The summed E-state index contributed by atoms with van der Waals surface area (Å²) in [6, 6.07) is 5.01. The SMILES string of the molecule is CC(C)(C)OC(=O)c1[nH]c2cccc(C(=O)OC(C)(C)C)c2c1CCC(=O)O. The summed E-state index contributed by atoms with van der Waals surface area (Å²) in [4.78, 5) is 39.5. The van der Waals surface area contributed by atoms with E-state index < -0.39 is 29.1 Å². The number of H-pyrrole nitrogens is 1. The molecule has 0 saturated heterocycles. The molecule has 0 fully saturated rings. The van der Waals surface area contributed by atoms with E-state index in [-0.39, 0.29) is 24.1 Å². The summed E-state index contributed by atoms with van der Waals surface area (Å²) in [7, 11) is 0. The summed E-state index contributed by atoms with van der Waals surface area (Å²) in [5, 5.41) is 9.60. The summed E-state index contributed by atoms with van der Waals surface area (Å²) in [6.45, 7) is 10.5. The van der Waals surface area contributed by atoms with Crippen LogP contribution in [0.4, 0.5) is 0 Å². The molecule has 0 unspecified atom stereocenters. The molecule has 2 N–H and O–H groups in total. The number of carbonyl (C=O) groups is 3. The first-order valence-electron chi connectivity index (χ1n) is 9.10. The number of ether oxygens (including phenoxy) is 2. The first-order chi connectivity index (χ1) is 12.8. The van der Waals surface area contributed by atoms with Gasteiger partial charge in [0.2, 0.25) is 0 Å². The number of hydrogen-bond acceptors (Lipinski definition) is 5. The molecule has 0 atom stereocenters. The minimum Gasteiger partial charge on any atom is -0.481 e. The Morgan fingerprint density at radius 2 is 1.54 bits per heavy atom. The molecule has 0 bridgehead atoms. The number of hydrogen-bond donors (Lipinski definition) is 2. The van der Waals surface area contributed by atoms with Crippen molar-refractivity contribution in [2.75, 3.05) is 0 Å². The Morgan fingerprint density at radius 3 is 2.07 bits per heavy atom. The number of aryl methyl sites for hydroxylation is 1. The third-order valence-corrected chi connectivity index (χ3v) is 3.74. The highest BCUT2D eigenvalue weighted by molar-refractivity contribution is 6.09. The summed E-state index contributed by atoms with van der Waals surface area (Å²) in [5.41, 5.74) is 0.00999. The second-order valence-corrected chi connectivity index (χ2v) is 8.60. The maximum Gasteiger partial charge on any atom is 0.355 e. The van der Waals surface area contributed by atoms with Crippen molar-refractivity contribution in [3.8, 4) is 0 Å². The number of fused-ring (bicyclic) bond motifs is 1. The van der Waals surface area contributed by atoms with E-state index in [0.717, 1.165) is 0 Å². The fraction of sp³-hybridized carbons (Fsp3) is 0.476. The van der Waals surface area contributed by atoms with Crippen LogP contribution in [0.5, 0.6) is 0 Å². The summed E-state index contributed by atoms with van der Waals surface area (Å²) >= 11 is 0. The molecule has 0 aliphatic heterocycles. The van der Waals surface area contributed by atoms with Gasteiger partial charge in [0.1, 0.15) is 16.9 Å². The lowest BCUT2D eigenvalue weighted by Gasteiger charge is -2.20. The van der Waals surface area contributed by atoms with Crippen LogP contribution in [0.1, 0.15) is 74.4 Å². The van der Waals surface area contributed by atoms with E-state index in [4.69, 9.17) is 14.6 Å². The first kappa shape index (κ1) is 21.5. The van der Waals surface area contributed by atoms with Gasteiger partial charge in [0.15, 0.2) is 0 Å².